The summed E-state index contributed by atoms with van der Waals surface area (Å²) < 4.78 is 0. The molecule has 0 fully saturated rings. The Bertz CT molecular complexity index is 1400. The number of nitrogens with zero attached hydrogens (tertiary/aromatic N) is 1. The number of hydrogen-bond donors (Lipinski definition) is 3. The van der Waals surface area contributed by atoms with Crippen LogP contribution in [0.3, 0.4) is 0 Å². The Morgan fingerprint density at radius 2 is 1.97 bits per heavy atom. The molecule has 0 unspecified atom stereocenters. The predicted molar refractivity (Wildman–Crippen MR) is 157 cm³/mol. The van der Waals surface area contributed by atoms with Crippen molar-refractivity contribution in [1.29, 1.82) is 0 Å². The van der Waals surface area contributed by atoms with Gasteiger partial charge in [0.2, 0.25) is 0 Å². The molecule has 4 rings (SSSR count). The normalized spacial score (nSPS) is 12.4. The van der Waals surface area contributed by atoms with Gasteiger partial charge in [-0.05, 0) is 60.7 Å². The monoisotopic (exact) mass is 544 g/mol. The molecule has 3 aromatic carbocycles. The summed E-state index contributed by atoms with van der Waals surface area (Å²) in [4.78, 5) is 43.0. The van der Waals surface area contributed by atoms with Crippen LogP contribution in [0.1, 0.15) is 38.3 Å². The summed E-state index contributed by atoms with van der Waals surface area (Å²) >= 11 is 3.06. The smallest absolute Gasteiger partial charge is 0.256 e. The van der Waals surface area contributed by atoms with E-state index in [2.05, 4.69) is 33.7 Å². The van der Waals surface area contributed by atoms with E-state index < -0.39 is 0 Å². The number of aldehydes is 1. The number of aryl methyl sites for hydroxylation is 1. The first kappa shape index (κ1) is 27.2. The summed E-state index contributed by atoms with van der Waals surface area (Å²) in [5, 5.41) is 9.03. The van der Waals surface area contributed by atoms with Gasteiger partial charge in [-0.2, -0.15) is 0 Å². The molecule has 1 heterocycles. The molecule has 0 radical (unpaired) electrons. The number of carbonyl (C=O) groups is 3. The fraction of sp³-hybridized carbons (Fsp3) is 0.172. The van der Waals surface area contributed by atoms with Gasteiger partial charge in [0, 0.05) is 51.4 Å². The van der Waals surface area contributed by atoms with Crippen molar-refractivity contribution >= 4 is 59.7 Å². The molecule has 9 heteroatoms. The molecule has 7 nitrogen and oxygen atoms in total. The summed E-state index contributed by atoms with van der Waals surface area (Å²) in [6.45, 7) is 3.85. The first-order valence-corrected chi connectivity index (χ1v) is 13.8. The number of benzene rings is 3. The zero-order valence-corrected chi connectivity index (χ0v) is 22.6. The molecular formula is C29H28N4O3S2. The van der Waals surface area contributed by atoms with Gasteiger partial charge in [-0.3, -0.25) is 14.6 Å². The van der Waals surface area contributed by atoms with Crippen molar-refractivity contribution in [2.75, 3.05) is 24.2 Å². The van der Waals surface area contributed by atoms with Crippen molar-refractivity contribution in [3.8, 4) is 0 Å². The fourth-order valence-electron chi connectivity index (χ4n) is 3.99. The third-order valence-corrected chi connectivity index (χ3v) is 8.14. The number of thioether (sulfide) groups is 1. The minimum Gasteiger partial charge on any atom is -0.388 e. The van der Waals surface area contributed by atoms with Gasteiger partial charge < -0.3 is 20.7 Å². The van der Waals surface area contributed by atoms with E-state index in [1.165, 1.54) is 11.8 Å². The number of nitrogens with one attached hydrogen (secondary N) is 3. The lowest BCUT2D eigenvalue weighted by atomic mass is 10.0. The maximum Gasteiger partial charge on any atom is 0.256 e. The number of rotatable bonds is 11. The van der Waals surface area contributed by atoms with E-state index in [1.807, 2.05) is 43.4 Å². The van der Waals surface area contributed by atoms with Gasteiger partial charge in [0.1, 0.15) is 6.29 Å². The lowest BCUT2D eigenvalue weighted by molar-refractivity contribution is -0.107. The fourth-order valence-corrected chi connectivity index (χ4v) is 5.86. The van der Waals surface area contributed by atoms with Crippen LogP contribution >= 0.6 is 23.5 Å². The minimum atomic E-state index is -0.251. The summed E-state index contributed by atoms with van der Waals surface area (Å²) in [7, 11) is 1.86. The zero-order chi connectivity index (χ0) is 26.9. The average Bonchev–Trinajstić information content (AvgIpc) is 3.08. The number of aliphatic imine (C=N–C) groups is 1. The molecule has 1 aliphatic rings. The highest BCUT2D eigenvalue weighted by Gasteiger charge is 2.20. The first-order valence-electron chi connectivity index (χ1n) is 12.0. The Hall–Kier alpha value is -3.82. The number of amides is 2. The van der Waals surface area contributed by atoms with Gasteiger partial charge in [-0.25, -0.2) is 0 Å². The molecular weight excluding hydrogens is 516 g/mol. The Kier molecular flexibility index (Phi) is 9.40. The molecule has 0 saturated heterocycles. The van der Waals surface area contributed by atoms with Crippen LogP contribution in [0.2, 0.25) is 0 Å². The van der Waals surface area contributed by atoms with Crippen LogP contribution in [0.4, 0.5) is 11.4 Å². The molecule has 38 heavy (non-hydrogen) atoms. The lowest BCUT2D eigenvalue weighted by Crippen LogP contribution is -2.25. The van der Waals surface area contributed by atoms with Crippen LogP contribution in [0.15, 0.2) is 86.6 Å². The van der Waals surface area contributed by atoms with Gasteiger partial charge in [-0.15, -0.1) is 11.8 Å². The van der Waals surface area contributed by atoms with E-state index in [4.69, 9.17) is 0 Å². The Labute approximate surface area is 230 Å². The molecule has 0 aromatic heterocycles. The maximum atomic E-state index is 13.0. The van der Waals surface area contributed by atoms with Crippen molar-refractivity contribution in [2.24, 2.45) is 4.99 Å². The molecule has 3 aromatic rings. The SMILES string of the molecule is C=N/C=C(/CNC(=O)c1ccc2c(c1)NC(=O)c1ccccc1S2)SCc1ccc(NC)c(CCC=O)c1. The van der Waals surface area contributed by atoms with E-state index in [9.17, 15) is 14.4 Å². The third-order valence-electron chi connectivity index (χ3n) is 5.89. The summed E-state index contributed by atoms with van der Waals surface area (Å²) in [5.74, 6) is 0.233. The van der Waals surface area contributed by atoms with E-state index in [1.54, 1.807) is 36.2 Å². The molecule has 0 saturated carbocycles. The lowest BCUT2D eigenvalue weighted by Gasteiger charge is -2.13. The Balaban J connectivity index is 1.39. The predicted octanol–water partition coefficient (Wildman–Crippen LogP) is 5.78. The van der Waals surface area contributed by atoms with Crippen molar-refractivity contribution in [2.45, 2.75) is 28.4 Å². The second-order valence-electron chi connectivity index (χ2n) is 8.46. The number of hydrogen-bond acceptors (Lipinski definition) is 7. The van der Waals surface area contributed by atoms with Crippen LogP contribution in [0, 0.1) is 0 Å². The third kappa shape index (κ3) is 6.73. The van der Waals surface area contributed by atoms with Crippen LogP contribution in [-0.4, -0.2) is 38.4 Å². The average molecular weight is 545 g/mol. The molecule has 0 bridgehead atoms. The molecule has 2 amide bonds. The Morgan fingerprint density at radius 1 is 1.13 bits per heavy atom. The van der Waals surface area contributed by atoms with Crippen LogP contribution in [0.25, 0.3) is 0 Å². The standard InChI is InChI=1S/C29H28N4O3S2/c1-30-16-22(37-18-19-9-11-24(31-2)20(14-19)6-5-13-34)17-32-28(35)21-10-12-27-25(15-21)33-29(36)23-7-3-4-8-26(23)38-27/h3-4,7-16,31H,1,5-6,17-18H2,2H3,(H,32,35)(H,33,36)/b22-16-. The number of carbonyl (C=O) groups excluding carboxylic acids is 3. The van der Waals surface area contributed by atoms with Gasteiger partial charge in [0.05, 0.1) is 17.8 Å². The van der Waals surface area contributed by atoms with Crippen LogP contribution in [0.5, 0.6) is 0 Å². The van der Waals surface area contributed by atoms with E-state index in [0.717, 1.165) is 37.8 Å². The van der Waals surface area contributed by atoms with Gasteiger partial charge in [-0.1, -0.05) is 36.0 Å². The Morgan fingerprint density at radius 3 is 2.76 bits per heavy atom. The van der Waals surface area contributed by atoms with Gasteiger partial charge >= 0.3 is 0 Å². The second-order valence-corrected chi connectivity index (χ2v) is 10.6. The highest BCUT2D eigenvalue weighted by molar-refractivity contribution is 8.02. The van der Waals surface area contributed by atoms with Crippen LogP contribution in [-0.2, 0) is 17.0 Å². The largest absolute Gasteiger partial charge is 0.388 e. The van der Waals surface area contributed by atoms with Gasteiger partial charge in [0.15, 0.2) is 0 Å². The van der Waals surface area contributed by atoms with Gasteiger partial charge in [0.25, 0.3) is 11.8 Å². The second kappa shape index (κ2) is 13.1. The van der Waals surface area contributed by atoms with Crippen molar-refractivity contribution < 1.29 is 14.4 Å². The van der Waals surface area contributed by atoms with E-state index >= 15 is 0 Å². The maximum absolute atomic E-state index is 13.0. The van der Waals surface area contributed by atoms with Crippen molar-refractivity contribution in [3.63, 3.8) is 0 Å². The van der Waals surface area contributed by atoms with Crippen molar-refractivity contribution in [3.05, 3.63) is 94.0 Å². The summed E-state index contributed by atoms with van der Waals surface area (Å²) in [6.07, 6.45) is 3.72. The van der Waals surface area contributed by atoms with E-state index in [0.29, 0.717) is 42.0 Å². The zero-order valence-electron chi connectivity index (χ0n) is 21.0. The number of fused-ring (bicyclic) bond motifs is 2. The molecule has 194 valence electrons. The van der Waals surface area contributed by atoms with Crippen molar-refractivity contribution in [1.82, 2.24) is 5.32 Å². The summed E-state index contributed by atoms with van der Waals surface area (Å²) in [6, 6.07) is 18.9. The molecule has 0 spiro atoms. The summed E-state index contributed by atoms with van der Waals surface area (Å²) in [5.41, 5.74) is 4.88. The highest BCUT2D eigenvalue weighted by atomic mass is 32.2. The molecule has 0 aliphatic carbocycles. The molecule has 1 aliphatic heterocycles. The van der Waals surface area contributed by atoms with E-state index in [-0.39, 0.29) is 11.8 Å². The molecule has 0 atom stereocenters. The molecule has 3 N–H and O–H groups in total. The quantitative estimate of drug-likeness (QED) is 0.209. The number of anilines is 2. The highest BCUT2D eigenvalue weighted by Crippen LogP contribution is 2.39. The first-order chi connectivity index (χ1) is 18.5. The minimum absolute atomic E-state index is 0.194. The van der Waals surface area contributed by atoms with Crippen LogP contribution < -0.4 is 16.0 Å². The topological polar surface area (TPSA) is 99.7 Å².